The fourth-order valence-corrected chi connectivity index (χ4v) is 4.28. The summed E-state index contributed by atoms with van der Waals surface area (Å²) in [6.07, 6.45) is 0. The average molecular weight is 480 g/mol. The van der Waals surface area contributed by atoms with Crippen LogP contribution in [0.15, 0.2) is 66.2 Å². The molecule has 0 bridgehead atoms. The van der Waals surface area contributed by atoms with E-state index in [0.29, 0.717) is 17.0 Å². The lowest BCUT2D eigenvalue weighted by Gasteiger charge is -2.26. The number of benzene rings is 3. The zero-order valence-electron chi connectivity index (χ0n) is 18.7. The Morgan fingerprint density at radius 1 is 0.971 bits per heavy atom. The SMILES string of the molecule is COc1ccc(C)cc1/C(O)=C1\C(=O)C(=O)N(c2ccccc2)C1c1cc(Cl)c(O)c(OC)c1. The summed E-state index contributed by atoms with van der Waals surface area (Å²) >= 11 is 6.24. The van der Waals surface area contributed by atoms with Gasteiger partial charge in [0, 0.05) is 5.69 Å². The number of Topliss-reactive ketones (excluding diaryl/α,β-unsaturated/α-hetero) is 1. The molecule has 1 heterocycles. The maximum absolute atomic E-state index is 13.3. The zero-order chi connectivity index (χ0) is 24.6. The first-order chi connectivity index (χ1) is 16.3. The molecule has 1 unspecified atom stereocenters. The number of anilines is 1. The van der Waals surface area contributed by atoms with Gasteiger partial charge in [-0.05, 0) is 48.9 Å². The third-order valence-corrected chi connectivity index (χ3v) is 5.96. The molecule has 1 atom stereocenters. The molecule has 0 radical (unpaired) electrons. The zero-order valence-corrected chi connectivity index (χ0v) is 19.5. The number of para-hydroxylation sites is 1. The molecule has 34 heavy (non-hydrogen) atoms. The van der Waals surface area contributed by atoms with E-state index in [4.69, 9.17) is 21.1 Å². The van der Waals surface area contributed by atoms with E-state index >= 15 is 0 Å². The summed E-state index contributed by atoms with van der Waals surface area (Å²) in [5.74, 6) is -1.93. The second-order valence-corrected chi connectivity index (χ2v) is 8.17. The summed E-state index contributed by atoms with van der Waals surface area (Å²) < 4.78 is 10.6. The van der Waals surface area contributed by atoms with Crippen molar-refractivity contribution in [1.82, 2.24) is 0 Å². The van der Waals surface area contributed by atoms with Gasteiger partial charge in [0.2, 0.25) is 0 Å². The van der Waals surface area contributed by atoms with Crippen LogP contribution in [0.2, 0.25) is 5.02 Å². The summed E-state index contributed by atoms with van der Waals surface area (Å²) in [5.41, 5.74) is 1.78. The van der Waals surface area contributed by atoms with E-state index in [1.807, 2.05) is 6.92 Å². The number of rotatable bonds is 5. The minimum atomic E-state index is -1.04. The van der Waals surface area contributed by atoms with Crippen LogP contribution in [0.25, 0.3) is 5.76 Å². The van der Waals surface area contributed by atoms with Gasteiger partial charge in [0.05, 0.1) is 36.4 Å². The van der Waals surface area contributed by atoms with Crippen LogP contribution in [-0.2, 0) is 9.59 Å². The Morgan fingerprint density at radius 3 is 2.29 bits per heavy atom. The summed E-state index contributed by atoms with van der Waals surface area (Å²) in [5, 5.41) is 21.6. The van der Waals surface area contributed by atoms with Crippen LogP contribution in [0, 0.1) is 6.92 Å². The minimum Gasteiger partial charge on any atom is -0.507 e. The van der Waals surface area contributed by atoms with Crippen LogP contribution >= 0.6 is 11.6 Å². The molecule has 0 aromatic heterocycles. The monoisotopic (exact) mass is 479 g/mol. The van der Waals surface area contributed by atoms with E-state index in [1.165, 1.54) is 31.3 Å². The molecule has 1 amide bonds. The molecule has 1 fully saturated rings. The fourth-order valence-electron chi connectivity index (χ4n) is 4.06. The molecule has 1 aliphatic heterocycles. The number of aliphatic hydroxyl groups is 1. The number of ether oxygens (including phenoxy) is 2. The highest BCUT2D eigenvalue weighted by Gasteiger charge is 2.47. The number of hydrogen-bond acceptors (Lipinski definition) is 6. The van der Waals surface area contributed by atoms with Gasteiger partial charge in [0.25, 0.3) is 11.7 Å². The number of nitrogens with zero attached hydrogens (tertiary/aromatic N) is 1. The number of aryl methyl sites for hydroxylation is 1. The number of carbonyl (C=O) groups is 2. The number of aliphatic hydroxyl groups excluding tert-OH is 1. The van der Waals surface area contributed by atoms with Gasteiger partial charge in [-0.3, -0.25) is 14.5 Å². The van der Waals surface area contributed by atoms with Crippen molar-refractivity contribution in [3.63, 3.8) is 0 Å². The van der Waals surface area contributed by atoms with Crippen LogP contribution in [0.1, 0.15) is 22.7 Å². The highest BCUT2D eigenvalue weighted by molar-refractivity contribution is 6.51. The maximum atomic E-state index is 13.3. The van der Waals surface area contributed by atoms with Crippen molar-refractivity contribution in [2.45, 2.75) is 13.0 Å². The second-order valence-electron chi connectivity index (χ2n) is 7.76. The normalized spacial score (nSPS) is 17.2. The summed E-state index contributed by atoms with van der Waals surface area (Å²) in [6, 6.07) is 15.7. The number of amides is 1. The fraction of sp³-hybridized carbons (Fsp3) is 0.154. The minimum absolute atomic E-state index is 0.0267. The molecule has 2 N–H and O–H groups in total. The highest BCUT2D eigenvalue weighted by atomic mass is 35.5. The van der Waals surface area contributed by atoms with E-state index in [0.717, 1.165) is 5.56 Å². The summed E-state index contributed by atoms with van der Waals surface area (Å²) in [6.45, 7) is 1.83. The van der Waals surface area contributed by atoms with Crippen molar-refractivity contribution in [1.29, 1.82) is 0 Å². The van der Waals surface area contributed by atoms with Crippen LogP contribution in [0.3, 0.4) is 0 Å². The number of carbonyl (C=O) groups excluding carboxylic acids is 2. The molecule has 7 nitrogen and oxygen atoms in total. The first kappa shape index (κ1) is 23.2. The molecule has 4 rings (SSSR count). The molecular weight excluding hydrogens is 458 g/mol. The van der Waals surface area contributed by atoms with E-state index in [1.54, 1.807) is 48.5 Å². The lowest BCUT2D eigenvalue weighted by molar-refractivity contribution is -0.132. The van der Waals surface area contributed by atoms with Gasteiger partial charge in [-0.15, -0.1) is 0 Å². The quantitative estimate of drug-likeness (QED) is 0.304. The lowest BCUT2D eigenvalue weighted by atomic mass is 9.94. The predicted octanol–water partition coefficient (Wildman–Crippen LogP) is 5.00. The molecule has 1 saturated heterocycles. The molecule has 0 aliphatic carbocycles. The van der Waals surface area contributed by atoms with Crippen LogP contribution < -0.4 is 14.4 Å². The average Bonchev–Trinajstić information content (AvgIpc) is 3.11. The van der Waals surface area contributed by atoms with Gasteiger partial charge in [-0.2, -0.15) is 0 Å². The van der Waals surface area contributed by atoms with Crippen LogP contribution in [0.4, 0.5) is 5.69 Å². The molecule has 0 spiro atoms. The Balaban J connectivity index is 2.04. The van der Waals surface area contributed by atoms with Crippen molar-refractivity contribution in [2.75, 3.05) is 19.1 Å². The highest BCUT2D eigenvalue weighted by Crippen LogP contribution is 2.46. The topological polar surface area (TPSA) is 96.3 Å². The first-order valence-electron chi connectivity index (χ1n) is 10.4. The van der Waals surface area contributed by atoms with Crippen molar-refractivity contribution >= 4 is 34.7 Å². The largest absolute Gasteiger partial charge is 0.507 e. The third kappa shape index (κ3) is 3.84. The molecule has 1 aliphatic rings. The molecule has 174 valence electrons. The number of methoxy groups -OCH3 is 2. The predicted molar refractivity (Wildman–Crippen MR) is 129 cm³/mol. The van der Waals surface area contributed by atoms with Gasteiger partial charge in [-0.1, -0.05) is 41.4 Å². The second kappa shape index (κ2) is 9.11. The summed E-state index contributed by atoms with van der Waals surface area (Å²) in [7, 11) is 2.81. The first-order valence-corrected chi connectivity index (χ1v) is 10.7. The van der Waals surface area contributed by atoms with E-state index in [2.05, 4.69) is 0 Å². The Morgan fingerprint density at radius 2 is 1.65 bits per heavy atom. The number of phenolic OH excluding ortho intramolecular Hbond substituents is 1. The molecule has 3 aromatic carbocycles. The Labute approximate surface area is 201 Å². The number of halogens is 1. The van der Waals surface area contributed by atoms with Gasteiger partial charge < -0.3 is 19.7 Å². The molecule has 0 saturated carbocycles. The Kier molecular flexibility index (Phi) is 6.22. The van der Waals surface area contributed by atoms with Crippen molar-refractivity contribution < 1.29 is 29.3 Å². The Hall–Kier alpha value is -3.97. The standard InChI is InChI=1S/C26H22ClNO6/c1-14-9-10-19(33-2)17(11-14)23(29)21-22(15-12-18(27)24(30)20(13-15)34-3)28(26(32)25(21)31)16-7-5-4-6-8-16/h4-13,22,29-30H,1-3H3/b23-21+. The number of aromatic hydroxyl groups is 1. The molecular formula is C26H22ClNO6. The van der Waals surface area contributed by atoms with E-state index in [9.17, 15) is 19.8 Å². The van der Waals surface area contributed by atoms with Gasteiger partial charge in [-0.25, -0.2) is 0 Å². The summed E-state index contributed by atoms with van der Waals surface area (Å²) in [4.78, 5) is 27.9. The van der Waals surface area contributed by atoms with Crippen molar-refractivity contribution in [3.8, 4) is 17.2 Å². The smallest absolute Gasteiger partial charge is 0.300 e. The number of phenols is 1. The third-order valence-electron chi connectivity index (χ3n) is 5.68. The van der Waals surface area contributed by atoms with Gasteiger partial charge in [0.15, 0.2) is 11.5 Å². The van der Waals surface area contributed by atoms with Gasteiger partial charge >= 0.3 is 0 Å². The molecule has 3 aromatic rings. The van der Waals surface area contributed by atoms with Crippen molar-refractivity contribution in [2.24, 2.45) is 0 Å². The van der Waals surface area contributed by atoms with E-state index < -0.39 is 17.7 Å². The lowest BCUT2D eigenvalue weighted by Crippen LogP contribution is -2.29. The van der Waals surface area contributed by atoms with Crippen molar-refractivity contribution in [3.05, 3.63) is 87.9 Å². The van der Waals surface area contributed by atoms with Gasteiger partial charge in [0.1, 0.15) is 11.5 Å². The number of ketones is 1. The maximum Gasteiger partial charge on any atom is 0.300 e. The number of hydrogen-bond donors (Lipinski definition) is 2. The van der Waals surface area contributed by atoms with Crippen LogP contribution in [0.5, 0.6) is 17.2 Å². The molecule has 8 heteroatoms. The Bertz CT molecular complexity index is 1320. The van der Waals surface area contributed by atoms with E-state index in [-0.39, 0.29) is 33.4 Å². The van der Waals surface area contributed by atoms with Crippen LogP contribution in [-0.4, -0.2) is 36.1 Å².